The Morgan fingerprint density at radius 3 is 1.44 bits per heavy atom. The van der Waals surface area contributed by atoms with E-state index in [4.69, 9.17) is 50.2 Å². The molecule has 0 aliphatic heterocycles. The average molecular weight is 1220 g/mol. The van der Waals surface area contributed by atoms with E-state index >= 15 is 0 Å². The molecule has 20 heteroatoms. The predicted octanol–water partition coefficient (Wildman–Crippen LogP) is 11.6. The van der Waals surface area contributed by atoms with Crippen LogP contribution in [0.25, 0.3) is 11.5 Å². The van der Waals surface area contributed by atoms with Gasteiger partial charge in [0.15, 0.2) is 0 Å². The number of hydrogen-bond acceptors (Lipinski definition) is 9. The van der Waals surface area contributed by atoms with E-state index in [9.17, 15) is 23.8 Å². The smallest absolute Gasteiger partial charge is 0.676 e. The van der Waals surface area contributed by atoms with E-state index in [1.807, 2.05) is 27.2 Å². The van der Waals surface area contributed by atoms with Crippen molar-refractivity contribution in [3.63, 3.8) is 0 Å². The molecule has 0 heterocycles. The van der Waals surface area contributed by atoms with Crippen molar-refractivity contribution in [3.8, 4) is 0 Å². The zero-order valence-corrected chi connectivity index (χ0v) is 47.6. The summed E-state index contributed by atoms with van der Waals surface area (Å²) in [6.07, 6.45) is 36.0. The molecule has 5 atom stereocenters. The molecule has 0 saturated heterocycles. The number of phosphoric ester groups is 1. The maximum atomic E-state index is 13.2. The molecule has 1 fully saturated rings. The fraction of sp³-hybridized carbons (Fsp3) is 0.863. The summed E-state index contributed by atoms with van der Waals surface area (Å²) in [4.78, 5) is 65.7. The van der Waals surface area contributed by atoms with Crippen LogP contribution in [0.2, 0.25) is 0 Å². The Morgan fingerprint density at radius 1 is 0.648 bits per heavy atom. The molecule has 0 spiro atoms. The van der Waals surface area contributed by atoms with Gasteiger partial charge in [0.25, 0.3) is 0 Å². The van der Waals surface area contributed by atoms with E-state index in [1.165, 1.54) is 122 Å². The number of unbranched alkanes of at least 4 members (excludes halogenated alkanes) is 23. The quantitative estimate of drug-likeness (QED) is 0.00953. The average Bonchev–Trinajstić information content (AvgIpc) is 3.28. The molecular formula is C51H100N4O14PPt+. The molecule has 2 unspecified atom stereocenters. The molecule has 0 aromatic heterocycles. The van der Waals surface area contributed by atoms with E-state index < -0.39 is 56.9 Å². The summed E-state index contributed by atoms with van der Waals surface area (Å²) in [5, 5.41) is 26.8. The SMILES string of the molecule is CCCCCCCCCCCCC/C=C/[C@@H](OC(=O)CCC(=O)O)[C@H](COP(=O)(O)OCC[N+](C)(C)C)NC(=O)CCCCCCCCCCCCCCC.O.O=C(O)C(=O)O.[NH-]C1CCCC[C@H]1[NH-].[Pt+2]. The number of phosphoric acid groups is 1. The number of carbonyl (C=O) groups excluding carboxylic acids is 2. The number of hydrogen-bond donors (Lipinski definition) is 5. The monoisotopic (exact) mass is 1220 g/mol. The first kappa shape index (κ1) is 75.2. The largest absolute Gasteiger partial charge is 2.00 e. The van der Waals surface area contributed by atoms with Gasteiger partial charge in [-0.25, -0.2) is 14.2 Å². The first-order chi connectivity index (χ1) is 32.7. The second-order valence-corrected chi connectivity index (χ2v) is 20.9. The van der Waals surface area contributed by atoms with Gasteiger partial charge in [0.1, 0.15) is 19.3 Å². The number of likely N-dealkylation sites (N-methyl/N-ethyl adjacent to an activating group) is 1. The van der Waals surface area contributed by atoms with Crippen LogP contribution in [0.15, 0.2) is 12.2 Å². The third-order valence-electron chi connectivity index (χ3n) is 11.7. The van der Waals surface area contributed by atoms with Crippen molar-refractivity contribution in [1.82, 2.24) is 5.32 Å². The fourth-order valence-electron chi connectivity index (χ4n) is 7.41. The maximum absolute atomic E-state index is 13.2. The zero-order valence-electron chi connectivity index (χ0n) is 44.4. The minimum atomic E-state index is -4.49. The minimum Gasteiger partial charge on any atom is -0.676 e. The summed E-state index contributed by atoms with van der Waals surface area (Å²) >= 11 is 0. The second kappa shape index (κ2) is 49.9. The number of nitrogens with zero attached hydrogens (tertiary/aromatic N) is 1. The molecule has 1 amide bonds. The molecular weight excluding hydrogens is 1120 g/mol. The summed E-state index contributed by atoms with van der Waals surface area (Å²) in [6, 6.07) is -1.15. The molecule has 1 aliphatic rings. The van der Waals surface area contributed by atoms with Crippen LogP contribution in [0.1, 0.15) is 219 Å². The Labute approximate surface area is 442 Å². The van der Waals surface area contributed by atoms with Crippen molar-refractivity contribution >= 4 is 37.6 Å². The van der Waals surface area contributed by atoms with Crippen molar-refractivity contribution in [2.45, 2.75) is 244 Å². The molecule has 0 radical (unpaired) electrons. The Kier molecular flexibility index (Phi) is 52.9. The van der Waals surface area contributed by atoms with E-state index in [0.717, 1.165) is 57.8 Å². The van der Waals surface area contributed by atoms with Crippen LogP contribution in [0.3, 0.4) is 0 Å². The van der Waals surface area contributed by atoms with Crippen LogP contribution in [0, 0.1) is 0 Å². The molecule has 71 heavy (non-hydrogen) atoms. The molecule has 0 aromatic carbocycles. The standard InChI is InChI=1S/C43H83N2O9P.C6H12N2.C2H2O4.H2O.Pt/c1-6-8-10-12-14-16-18-20-22-24-26-28-30-32-40(54-43(49)35-34-42(47)48)39(38-53-55(50,51)52-37-36-45(3,4)5)44-41(46)33-31-29-27-25-23-21-19-17-15-13-11-9-7-2;7-5-3-1-2-4-6(5)8;3-1(4)2(5)6;;/h30,32,39-40H,6-29,31,33-38H2,1-5H3,(H2-,44,46,47,48,50,51);5-8H,1-4H2;(H,3,4)(H,5,6);1H2;/q;-2;;;+2/p+1/b32-30+;;;;/t39-,40+;5-,6?;;;/m01.../s1. The Balaban J connectivity index is -0.00000120. The van der Waals surface area contributed by atoms with Gasteiger partial charge in [-0.1, -0.05) is 187 Å². The van der Waals surface area contributed by atoms with Gasteiger partial charge < -0.3 is 51.7 Å². The number of aliphatic carboxylic acids is 3. The van der Waals surface area contributed by atoms with Crippen molar-refractivity contribution in [2.24, 2.45) is 0 Å². The number of carbonyl (C=O) groups is 5. The maximum Gasteiger partial charge on any atom is 2.00 e. The molecule has 422 valence electrons. The molecule has 0 aromatic rings. The first-order valence-corrected chi connectivity index (χ1v) is 27.9. The molecule has 1 saturated carbocycles. The van der Waals surface area contributed by atoms with Gasteiger partial charge in [0, 0.05) is 6.42 Å². The van der Waals surface area contributed by atoms with Gasteiger partial charge in [-0.2, -0.15) is 12.1 Å². The van der Waals surface area contributed by atoms with Crippen molar-refractivity contribution in [2.75, 3.05) is 40.9 Å². The van der Waals surface area contributed by atoms with Crippen LogP contribution >= 0.6 is 7.82 Å². The third-order valence-corrected chi connectivity index (χ3v) is 12.7. The van der Waals surface area contributed by atoms with E-state index in [0.29, 0.717) is 17.4 Å². The minimum absolute atomic E-state index is 0. The van der Waals surface area contributed by atoms with E-state index in [2.05, 4.69) is 19.2 Å². The zero-order chi connectivity index (χ0) is 52.2. The molecule has 18 nitrogen and oxygen atoms in total. The summed E-state index contributed by atoms with van der Waals surface area (Å²) in [5.74, 6) is -5.79. The van der Waals surface area contributed by atoms with Crippen molar-refractivity contribution in [1.29, 1.82) is 0 Å². The predicted molar refractivity (Wildman–Crippen MR) is 277 cm³/mol. The normalized spacial score (nSPS) is 16.1. The summed E-state index contributed by atoms with van der Waals surface area (Å²) in [6.45, 7) is 4.49. The van der Waals surface area contributed by atoms with Crippen molar-refractivity contribution < 1.29 is 93.6 Å². The van der Waals surface area contributed by atoms with Crippen LogP contribution in [-0.4, -0.2) is 125 Å². The fourth-order valence-corrected chi connectivity index (χ4v) is 8.14. The number of nitrogens with one attached hydrogen (secondary N) is 3. The first-order valence-electron chi connectivity index (χ1n) is 26.4. The number of ether oxygens (including phenoxy) is 1. The summed E-state index contributed by atoms with van der Waals surface area (Å²) in [5.41, 5.74) is 14.6. The number of carboxylic acids is 3. The van der Waals surface area contributed by atoms with Gasteiger partial charge in [-0.15, -0.1) is 0 Å². The topological polar surface area (TPSA) is 302 Å². The van der Waals surface area contributed by atoms with Gasteiger partial charge in [0.05, 0.1) is 46.6 Å². The Morgan fingerprint density at radius 2 is 1.06 bits per heavy atom. The van der Waals surface area contributed by atoms with E-state index in [1.54, 1.807) is 6.08 Å². The molecule has 1 aliphatic carbocycles. The molecule has 9 N–H and O–H groups in total. The number of carboxylic acid groups (broad SMARTS) is 3. The van der Waals surface area contributed by atoms with Gasteiger partial charge >= 0.3 is 52.8 Å². The third kappa shape index (κ3) is 53.8. The second-order valence-electron chi connectivity index (χ2n) is 19.5. The number of amides is 1. The Hall–Kier alpha value is -2.27. The summed E-state index contributed by atoms with van der Waals surface area (Å²) < 4.78 is 29.6. The van der Waals surface area contributed by atoms with E-state index in [-0.39, 0.29) is 64.0 Å². The van der Waals surface area contributed by atoms with Crippen LogP contribution < -0.4 is 5.32 Å². The summed E-state index contributed by atoms with van der Waals surface area (Å²) in [7, 11) is 1.31. The van der Waals surface area contributed by atoms with Gasteiger partial charge in [-0.05, 0) is 25.3 Å². The van der Waals surface area contributed by atoms with Crippen LogP contribution in [0.4, 0.5) is 0 Å². The molecule has 1 rings (SSSR count). The number of quaternary nitrogens is 1. The number of allylic oxidation sites excluding steroid dienone is 1. The number of esters is 1. The van der Waals surface area contributed by atoms with Gasteiger partial charge in [-0.3, -0.25) is 23.4 Å². The van der Waals surface area contributed by atoms with Crippen LogP contribution in [0.5, 0.6) is 0 Å². The van der Waals surface area contributed by atoms with Crippen LogP contribution in [-0.2, 0) is 63.4 Å². The number of rotatable bonds is 40. The van der Waals surface area contributed by atoms with Gasteiger partial charge in [0.2, 0.25) is 5.91 Å². The molecule has 0 bridgehead atoms. The van der Waals surface area contributed by atoms with Crippen molar-refractivity contribution in [3.05, 3.63) is 23.6 Å². The Bertz CT molecular complexity index is 1390.